The van der Waals surface area contributed by atoms with Crippen LogP contribution in [0.5, 0.6) is 0 Å². The molecule has 78 valence electrons. The van der Waals surface area contributed by atoms with E-state index in [1.165, 1.54) is 0 Å². The van der Waals surface area contributed by atoms with Crippen molar-refractivity contribution in [1.29, 1.82) is 0 Å². The molecule has 0 aliphatic rings. The van der Waals surface area contributed by atoms with Crippen molar-refractivity contribution >= 4 is 0 Å². The highest BCUT2D eigenvalue weighted by molar-refractivity contribution is 5.20. The van der Waals surface area contributed by atoms with E-state index in [0.717, 1.165) is 17.7 Å². The standard InChI is InChI=1S/C11H17NO2/c1-3-7-14-8-11(13)10-5-4-6-12-9(10)2/h4-6,11,13H,3,7-8H2,1-2H3. The van der Waals surface area contributed by atoms with Crippen LogP contribution in [0.2, 0.25) is 0 Å². The molecule has 1 atom stereocenters. The van der Waals surface area contributed by atoms with Crippen LogP contribution in [0.4, 0.5) is 0 Å². The number of aromatic nitrogens is 1. The van der Waals surface area contributed by atoms with Gasteiger partial charge in [0, 0.05) is 24.1 Å². The molecular weight excluding hydrogens is 178 g/mol. The van der Waals surface area contributed by atoms with Crippen LogP contribution in [0, 0.1) is 6.92 Å². The predicted molar refractivity (Wildman–Crippen MR) is 55.0 cm³/mol. The van der Waals surface area contributed by atoms with Gasteiger partial charge in [0.05, 0.1) is 6.61 Å². The summed E-state index contributed by atoms with van der Waals surface area (Å²) in [6.45, 7) is 4.97. The Balaban J connectivity index is 2.51. The van der Waals surface area contributed by atoms with Crippen LogP contribution in [0.25, 0.3) is 0 Å². The Morgan fingerprint density at radius 3 is 3.00 bits per heavy atom. The van der Waals surface area contributed by atoms with Crippen LogP contribution in [0.3, 0.4) is 0 Å². The van der Waals surface area contributed by atoms with Gasteiger partial charge in [0.2, 0.25) is 0 Å². The first kappa shape index (κ1) is 11.1. The summed E-state index contributed by atoms with van der Waals surface area (Å²) < 4.78 is 5.28. The van der Waals surface area contributed by atoms with Crippen molar-refractivity contribution in [2.24, 2.45) is 0 Å². The average molecular weight is 195 g/mol. The molecule has 14 heavy (non-hydrogen) atoms. The highest BCUT2D eigenvalue weighted by Crippen LogP contribution is 2.15. The molecule has 1 rings (SSSR count). The molecule has 0 aliphatic carbocycles. The molecular formula is C11H17NO2. The maximum atomic E-state index is 9.76. The lowest BCUT2D eigenvalue weighted by atomic mass is 10.1. The zero-order valence-electron chi connectivity index (χ0n) is 8.73. The molecule has 0 amide bonds. The molecule has 0 bridgehead atoms. The van der Waals surface area contributed by atoms with Gasteiger partial charge in [-0.05, 0) is 19.4 Å². The summed E-state index contributed by atoms with van der Waals surface area (Å²) in [4.78, 5) is 4.11. The minimum Gasteiger partial charge on any atom is -0.386 e. The number of aliphatic hydroxyl groups is 1. The van der Waals surface area contributed by atoms with Gasteiger partial charge in [-0.2, -0.15) is 0 Å². The van der Waals surface area contributed by atoms with Gasteiger partial charge in [-0.25, -0.2) is 0 Å². The van der Waals surface area contributed by atoms with Crippen LogP contribution < -0.4 is 0 Å². The summed E-state index contributed by atoms with van der Waals surface area (Å²) in [5.41, 5.74) is 1.71. The minimum absolute atomic E-state index is 0.348. The highest BCUT2D eigenvalue weighted by Gasteiger charge is 2.09. The molecule has 1 aromatic heterocycles. The van der Waals surface area contributed by atoms with E-state index in [4.69, 9.17) is 4.74 Å². The highest BCUT2D eigenvalue weighted by atomic mass is 16.5. The lowest BCUT2D eigenvalue weighted by molar-refractivity contribution is 0.0359. The number of nitrogens with zero attached hydrogens (tertiary/aromatic N) is 1. The van der Waals surface area contributed by atoms with E-state index < -0.39 is 6.10 Å². The number of aryl methyl sites for hydroxylation is 1. The first-order chi connectivity index (χ1) is 6.75. The first-order valence-electron chi connectivity index (χ1n) is 4.93. The second kappa shape index (κ2) is 5.73. The molecule has 0 spiro atoms. The van der Waals surface area contributed by atoms with Gasteiger partial charge < -0.3 is 9.84 Å². The first-order valence-corrected chi connectivity index (χ1v) is 4.93. The third-order valence-corrected chi connectivity index (χ3v) is 2.03. The molecule has 0 saturated carbocycles. The van der Waals surface area contributed by atoms with Crippen molar-refractivity contribution < 1.29 is 9.84 Å². The molecule has 0 aliphatic heterocycles. The van der Waals surface area contributed by atoms with E-state index in [1.807, 2.05) is 26.0 Å². The Labute approximate surface area is 84.7 Å². The lowest BCUT2D eigenvalue weighted by Gasteiger charge is -2.12. The fraction of sp³-hybridized carbons (Fsp3) is 0.545. The van der Waals surface area contributed by atoms with Gasteiger partial charge >= 0.3 is 0 Å². The van der Waals surface area contributed by atoms with Crippen molar-refractivity contribution in [2.45, 2.75) is 26.4 Å². The summed E-state index contributed by atoms with van der Waals surface area (Å²) >= 11 is 0. The largest absolute Gasteiger partial charge is 0.386 e. The fourth-order valence-corrected chi connectivity index (χ4v) is 1.28. The Hall–Kier alpha value is -0.930. The van der Waals surface area contributed by atoms with E-state index in [-0.39, 0.29) is 0 Å². The molecule has 0 aromatic carbocycles. The summed E-state index contributed by atoms with van der Waals surface area (Å²) in [7, 11) is 0. The molecule has 0 fully saturated rings. The topological polar surface area (TPSA) is 42.4 Å². The molecule has 1 unspecified atom stereocenters. The number of hydrogen-bond acceptors (Lipinski definition) is 3. The maximum absolute atomic E-state index is 9.76. The van der Waals surface area contributed by atoms with E-state index in [1.54, 1.807) is 6.20 Å². The predicted octanol–water partition coefficient (Wildman–Crippen LogP) is 1.85. The third kappa shape index (κ3) is 3.09. The molecule has 0 radical (unpaired) electrons. The zero-order chi connectivity index (χ0) is 10.4. The Kier molecular flexibility index (Phi) is 4.56. The quantitative estimate of drug-likeness (QED) is 0.729. The molecule has 1 N–H and O–H groups in total. The number of aliphatic hydroxyl groups excluding tert-OH is 1. The van der Waals surface area contributed by atoms with Crippen molar-refractivity contribution in [3.8, 4) is 0 Å². The summed E-state index contributed by atoms with van der Waals surface area (Å²) in [6, 6.07) is 3.70. The van der Waals surface area contributed by atoms with Crippen LogP contribution in [-0.2, 0) is 4.74 Å². The summed E-state index contributed by atoms with van der Waals surface area (Å²) in [6.07, 6.45) is 2.13. The number of pyridine rings is 1. The smallest absolute Gasteiger partial charge is 0.104 e. The Morgan fingerprint density at radius 1 is 1.57 bits per heavy atom. The van der Waals surface area contributed by atoms with Crippen molar-refractivity contribution in [3.63, 3.8) is 0 Å². The van der Waals surface area contributed by atoms with E-state index in [0.29, 0.717) is 13.2 Å². The van der Waals surface area contributed by atoms with Gasteiger partial charge in [-0.3, -0.25) is 4.98 Å². The molecule has 1 aromatic rings. The average Bonchev–Trinajstić information content (AvgIpc) is 2.18. The summed E-state index contributed by atoms with van der Waals surface area (Å²) in [5, 5.41) is 9.76. The van der Waals surface area contributed by atoms with E-state index in [2.05, 4.69) is 4.98 Å². The van der Waals surface area contributed by atoms with E-state index in [9.17, 15) is 5.11 Å². The van der Waals surface area contributed by atoms with Crippen molar-refractivity contribution in [3.05, 3.63) is 29.6 Å². The second-order valence-electron chi connectivity index (χ2n) is 3.27. The normalized spacial score (nSPS) is 12.8. The van der Waals surface area contributed by atoms with Crippen LogP contribution in [0.15, 0.2) is 18.3 Å². The van der Waals surface area contributed by atoms with Gasteiger partial charge in [0.1, 0.15) is 6.10 Å². The molecule has 3 heteroatoms. The van der Waals surface area contributed by atoms with Crippen molar-refractivity contribution in [2.75, 3.05) is 13.2 Å². The molecule has 0 saturated heterocycles. The number of rotatable bonds is 5. The van der Waals surface area contributed by atoms with Crippen molar-refractivity contribution in [1.82, 2.24) is 4.98 Å². The molecule has 1 heterocycles. The summed E-state index contributed by atoms with van der Waals surface area (Å²) in [5.74, 6) is 0. The second-order valence-corrected chi connectivity index (χ2v) is 3.27. The molecule has 3 nitrogen and oxygen atoms in total. The van der Waals surface area contributed by atoms with Gasteiger partial charge in [0.15, 0.2) is 0 Å². The third-order valence-electron chi connectivity index (χ3n) is 2.03. The zero-order valence-corrected chi connectivity index (χ0v) is 8.73. The van der Waals surface area contributed by atoms with Crippen LogP contribution in [-0.4, -0.2) is 23.3 Å². The monoisotopic (exact) mass is 195 g/mol. The van der Waals surface area contributed by atoms with E-state index >= 15 is 0 Å². The Morgan fingerprint density at radius 2 is 2.36 bits per heavy atom. The maximum Gasteiger partial charge on any atom is 0.104 e. The van der Waals surface area contributed by atoms with Crippen LogP contribution in [0.1, 0.15) is 30.7 Å². The fourth-order valence-electron chi connectivity index (χ4n) is 1.28. The van der Waals surface area contributed by atoms with Crippen LogP contribution >= 0.6 is 0 Å². The SMILES string of the molecule is CCCOCC(O)c1cccnc1C. The minimum atomic E-state index is -0.560. The van der Waals surface area contributed by atoms with Gasteiger partial charge in [-0.1, -0.05) is 13.0 Å². The van der Waals surface area contributed by atoms with Gasteiger partial charge in [0.25, 0.3) is 0 Å². The lowest BCUT2D eigenvalue weighted by Crippen LogP contribution is -2.09. The number of ether oxygens (including phenoxy) is 1. The van der Waals surface area contributed by atoms with Gasteiger partial charge in [-0.15, -0.1) is 0 Å². The Bertz CT molecular complexity index is 276. The number of hydrogen-bond donors (Lipinski definition) is 1.